The zero-order chi connectivity index (χ0) is 21.3. The minimum Gasteiger partial charge on any atom is -0.497 e. The highest BCUT2D eigenvalue weighted by atomic mass is 16.5. The minimum absolute atomic E-state index is 0.687. The van der Waals surface area contributed by atoms with Gasteiger partial charge < -0.3 is 18.9 Å². The van der Waals surface area contributed by atoms with Crippen LogP contribution in [0.1, 0.15) is 44.3 Å². The molecule has 3 aromatic rings. The fraction of sp³-hybridized carbons (Fsp3) is 0.500. The molecule has 0 spiro atoms. The van der Waals surface area contributed by atoms with Gasteiger partial charge in [-0.3, -0.25) is 0 Å². The molecule has 2 heterocycles. The zero-order valence-electron chi connectivity index (χ0n) is 18.8. The monoisotopic (exact) mass is 421 g/mol. The summed E-state index contributed by atoms with van der Waals surface area (Å²) in [7, 11) is 1.68. The van der Waals surface area contributed by atoms with E-state index >= 15 is 0 Å². The van der Waals surface area contributed by atoms with Crippen molar-refractivity contribution in [2.75, 3.05) is 33.4 Å². The van der Waals surface area contributed by atoms with Crippen molar-refractivity contribution in [1.82, 2.24) is 14.5 Å². The van der Waals surface area contributed by atoms with Crippen molar-refractivity contribution in [3.63, 3.8) is 0 Å². The SMILES string of the molecule is COc1ccc(OCCCn2c(CCCN3CCCCCC3)nc3ccccc32)cc1. The van der Waals surface area contributed by atoms with Gasteiger partial charge in [0.1, 0.15) is 17.3 Å². The predicted octanol–water partition coefficient (Wildman–Crippen LogP) is 5.32. The van der Waals surface area contributed by atoms with Gasteiger partial charge in [0.15, 0.2) is 0 Å². The van der Waals surface area contributed by atoms with Crippen LogP contribution in [0.5, 0.6) is 11.5 Å². The van der Waals surface area contributed by atoms with Gasteiger partial charge in [0.05, 0.1) is 24.8 Å². The summed E-state index contributed by atoms with van der Waals surface area (Å²) in [5.74, 6) is 2.94. The van der Waals surface area contributed by atoms with Gasteiger partial charge in [-0.05, 0) is 81.7 Å². The number of nitrogens with zero attached hydrogens (tertiary/aromatic N) is 3. The summed E-state index contributed by atoms with van der Waals surface area (Å²) in [5.41, 5.74) is 2.33. The van der Waals surface area contributed by atoms with Crippen molar-refractivity contribution in [1.29, 1.82) is 0 Å². The lowest BCUT2D eigenvalue weighted by atomic mass is 10.2. The lowest BCUT2D eigenvalue weighted by Crippen LogP contribution is -2.26. The summed E-state index contributed by atoms with van der Waals surface area (Å²) in [6, 6.07) is 16.3. The highest BCUT2D eigenvalue weighted by molar-refractivity contribution is 5.75. The van der Waals surface area contributed by atoms with E-state index in [0.717, 1.165) is 36.4 Å². The van der Waals surface area contributed by atoms with Crippen LogP contribution in [-0.2, 0) is 13.0 Å². The van der Waals surface area contributed by atoms with Crippen molar-refractivity contribution in [2.45, 2.75) is 51.5 Å². The second-order valence-corrected chi connectivity index (χ2v) is 8.41. The number of fused-ring (bicyclic) bond motifs is 1. The van der Waals surface area contributed by atoms with Gasteiger partial charge in [-0.15, -0.1) is 0 Å². The Kier molecular flexibility index (Phi) is 7.83. The van der Waals surface area contributed by atoms with Gasteiger partial charge in [-0.25, -0.2) is 4.98 Å². The summed E-state index contributed by atoms with van der Waals surface area (Å²) >= 11 is 0. The smallest absolute Gasteiger partial charge is 0.119 e. The topological polar surface area (TPSA) is 39.5 Å². The Morgan fingerprint density at radius 3 is 2.35 bits per heavy atom. The number of hydrogen-bond acceptors (Lipinski definition) is 4. The van der Waals surface area contributed by atoms with Gasteiger partial charge >= 0.3 is 0 Å². The summed E-state index contributed by atoms with van der Waals surface area (Å²) in [5, 5.41) is 0. The number of rotatable bonds is 10. The first-order valence-corrected chi connectivity index (χ1v) is 11.8. The molecule has 0 N–H and O–H groups in total. The maximum Gasteiger partial charge on any atom is 0.119 e. The Bertz CT molecular complexity index is 927. The first-order chi connectivity index (χ1) is 15.3. The Balaban J connectivity index is 1.33. The Morgan fingerprint density at radius 1 is 0.839 bits per heavy atom. The Hall–Kier alpha value is -2.53. The van der Waals surface area contributed by atoms with Crippen molar-refractivity contribution in [2.24, 2.45) is 0 Å². The lowest BCUT2D eigenvalue weighted by molar-refractivity contribution is 0.280. The molecule has 0 aliphatic carbocycles. The van der Waals surface area contributed by atoms with Crippen LogP contribution in [0, 0.1) is 0 Å². The van der Waals surface area contributed by atoms with Gasteiger partial charge in [-0.1, -0.05) is 25.0 Å². The van der Waals surface area contributed by atoms with E-state index in [1.54, 1.807) is 7.11 Å². The van der Waals surface area contributed by atoms with Crippen molar-refractivity contribution >= 4 is 11.0 Å². The third kappa shape index (κ3) is 6.01. The van der Waals surface area contributed by atoms with Crippen LogP contribution in [0.2, 0.25) is 0 Å². The number of hydrogen-bond donors (Lipinski definition) is 0. The summed E-state index contributed by atoms with van der Waals surface area (Å²) in [6.07, 6.45) is 8.65. The highest BCUT2D eigenvalue weighted by Gasteiger charge is 2.12. The number of ether oxygens (including phenoxy) is 2. The van der Waals surface area contributed by atoms with Gasteiger partial charge in [0.25, 0.3) is 0 Å². The molecule has 0 amide bonds. The molecule has 0 bridgehead atoms. The Morgan fingerprint density at radius 2 is 1.58 bits per heavy atom. The molecule has 1 aliphatic heterocycles. The third-order valence-electron chi connectivity index (χ3n) is 6.16. The van der Waals surface area contributed by atoms with E-state index < -0.39 is 0 Å². The molecule has 2 aromatic carbocycles. The van der Waals surface area contributed by atoms with Crippen LogP contribution >= 0.6 is 0 Å². The highest BCUT2D eigenvalue weighted by Crippen LogP contribution is 2.20. The van der Waals surface area contributed by atoms with Crippen LogP contribution < -0.4 is 9.47 Å². The standard InChI is InChI=1S/C26H35N3O2/c1-30-22-13-15-23(16-14-22)31-21-9-20-29-25-11-5-4-10-24(25)27-26(29)12-8-19-28-17-6-2-3-7-18-28/h4-5,10-11,13-16H,2-3,6-9,12,17-21H2,1H3. The maximum absolute atomic E-state index is 5.93. The molecule has 5 heteroatoms. The second-order valence-electron chi connectivity index (χ2n) is 8.41. The molecule has 1 aromatic heterocycles. The molecule has 0 unspecified atom stereocenters. The number of aromatic nitrogens is 2. The third-order valence-corrected chi connectivity index (χ3v) is 6.16. The molecule has 4 rings (SSSR count). The molecule has 0 radical (unpaired) electrons. The number of likely N-dealkylation sites (tertiary alicyclic amines) is 1. The number of methoxy groups -OCH3 is 1. The molecule has 0 saturated carbocycles. The van der Waals surface area contributed by atoms with E-state index in [9.17, 15) is 0 Å². The zero-order valence-corrected chi connectivity index (χ0v) is 18.8. The number of imidazole rings is 1. The van der Waals surface area contributed by atoms with Crippen LogP contribution in [-0.4, -0.2) is 47.8 Å². The first-order valence-electron chi connectivity index (χ1n) is 11.8. The van der Waals surface area contributed by atoms with Gasteiger partial charge in [0.2, 0.25) is 0 Å². The normalized spacial score (nSPS) is 15.1. The van der Waals surface area contributed by atoms with Crippen LogP contribution in [0.4, 0.5) is 0 Å². The molecule has 1 fully saturated rings. The fourth-order valence-electron chi connectivity index (χ4n) is 4.47. The molecular weight excluding hydrogens is 386 g/mol. The average Bonchev–Trinajstić information content (AvgIpc) is 2.96. The van der Waals surface area contributed by atoms with E-state index in [2.05, 4.69) is 33.7 Å². The first kappa shape index (κ1) is 21.7. The van der Waals surface area contributed by atoms with Crippen molar-refractivity contribution in [3.8, 4) is 11.5 Å². The second kappa shape index (κ2) is 11.2. The van der Waals surface area contributed by atoms with E-state index in [1.807, 2.05) is 24.3 Å². The van der Waals surface area contributed by atoms with Crippen molar-refractivity contribution in [3.05, 3.63) is 54.4 Å². The fourth-order valence-corrected chi connectivity index (χ4v) is 4.47. The summed E-state index contributed by atoms with van der Waals surface area (Å²) in [4.78, 5) is 7.60. The predicted molar refractivity (Wildman–Crippen MR) is 126 cm³/mol. The Labute approximate surface area is 186 Å². The van der Waals surface area contributed by atoms with E-state index in [-0.39, 0.29) is 0 Å². The maximum atomic E-state index is 5.93. The van der Waals surface area contributed by atoms with Gasteiger partial charge in [-0.2, -0.15) is 0 Å². The number of benzene rings is 2. The molecular formula is C26H35N3O2. The molecule has 5 nitrogen and oxygen atoms in total. The van der Waals surface area contributed by atoms with Crippen molar-refractivity contribution < 1.29 is 9.47 Å². The minimum atomic E-state index is 0.687. The quantitative estimate of drug-likeness (QED) is 0.415. The molecule has 0 atom stereocenters. The molecule has 1 aliphatic rings. The number of aryl methyl sites for hydroxylation is 2. The van der Waals surface area contributed by atoms with Gasteiger partial charge in [0, 0.05) is 13.0 Å². The lowest BCUT2D eigenvalue weighted by Gasteiger charge is -2.19. The van der Waals surface area contributed by atoms with Crippen LogP contribution in [0.3, 0.4) is 0 Å². The summed E-state index contributed by atoms with van der Waals surface area (Å²) < 4.78 is 13.5. The molecule has 166 valence electrons. The largest absolute Gasteiger partial charge is 0.497 e. The van der Waals surface area contributed by atoms with Crippen LogP contribution in [0.25, 0.3) is 11.0 Å². The molecule has 1 saturated heterocycles. The van der Waals surface area contributed by atoms with E-state index in [4.69, 9.17) is 14.5 Å². The van der Waals surface area contributed by atoms with E-state index in [1.165, 1.54) is 63.1 Å². The number of para-hydroxylation sites is 2. The van der Waals surface area contributed by atoms with Crippen LogP contribution in [0.15, 0.2) is 48.5 Å². The molecule has 31 heavy (non-hydrogen) atoms. The average molecular weight is 422 g/mol. The van der Waals surface area contributed by atoms with E-state index in [0.29, 0.717) is 6.61 Å². The summed E-state index contributed by atoms with van der Waals surface area (Å²) in [6.45, 7) is 5.32.